The van der Waals surface area contributed by atoms with Crippen molar-refractivity contribution < 1.29 is 4.79 Å². The van der Waals surface area contributed by atoms with E-state index in [1.807, 2.05) is 36.4 Å². The standard InChI is InChI=1S/C14H12BrIN2O/c15-13-5-4-10(16)9-12(13)14(19)18-8-6-11-3-1-2-7-17-11/h1-5,7,9H,6,8H2,(H,18,19). The Morgan fingerprint density at radius 1 is 1.32 bits per heavy atom. The Morgan fingerprint density at radius 2 is 2.16 bits per heavy atom. The molecule has 0 radical (unpaired) electrons. The van der Waals surface area contributed by atoms with E-state index in [4.69, 9.17) is 0 Å². The highest BCUT2D eigenvalue weighted by Gasteiger charge is 2.09. The molecular formula is C14H12BrIN2O. The van der Waals surface area contributed by atoms with E-state index in [-0.39, 0.29) is 5.91 Å². The highest BCUT2D eigenvalue weighted by molar-refractivity contribution is 14.1. The number of pyridine rings is 1. The van der Waals surface area contributed by atoms with Crippen LogP contribution in [0.4, 0.5) is 0 Å². The first-order valence-corrected chi connectivity index (χ1v) is 7.67. The van der Waals surface area contributed by atoms with Crippen LogP contribution in [0.1, 0.15) is 16.1 Å². The van der Waals surface area contributed by atoms with Gasteiger partial charge in [-0.25, -0.2) is 0 Å². The van der Waals surface area contributed by atoms with E-state index in [1.165, 1.54) is 0 Å². The van der Waals surface area contributed by atoms with Crippen molar-refractivity contribution in [3.05, 3.63) is 61.9 Å². The average Bonchev–Trinajstić information content (AvgIpc) is 2.42. The average molecular weight is 431 g/mol. The minimum Gasteiger partial charge on any atom is -0.352 e. The maximum Gasteiger partial charge on any atom is 0.252 e. The van der Waals surface area contributed by atoms with Gasteiger partial charge in [-0.3, -0.25) is 9.78 Å². The highest BCUT2D eigenvalue weighted by Crippen LogP contribution is 2.19. The number of carbonyl (C=O) groups is 1. The Balaban J connectivity index is 1.93. The van der Waals surface area contributed by atoms with Crippen molar-refractivity contribution in [1.29, 1.82) is 0 Å². The first kappa shape index (κ1) is 14.5. The summed E-state index contributed by atoms with van der Waals surface area (Å²) >= 11 is 5.58. The molecule has 2 rings (SSSR count). The molecule has 19 heavy (non-hydrogen) atoms. The van der Waals surface area contributed by atoms with Gasteiger partial charge in [-0.2, -0.15) is 0 Å². The van der Waals surface area contributed by atoms with Gasteiger partial charge >= 0.3 is 0 Å². The molecule has 0 aliphatic heterocycles. The van der Waals surface area contributed by atoms with Crippen molar-refractivity contribution in [3.63, 3.8) is 0 Å². The number of halogens is 2. The molecule has 5 heteroatoms. The molecule has 0 bridgehead atoms. The summed E-state index contributed by atoms with van der Waals surface area (Å²) in [5.74, 6) is -0.0682. The Hall–Kier alpha value is -0.950. The van der Waals surface area contributed by atoms with Gasteiger partial charge in [0.15, 0.2) is 0 Å². The third-order valence-electron chi connectivity index (χ3n) is 2.57. The van der Waals surface area contributed by atoms with Crippen LogP contribution in [-0.4, -0.2) is 17.4 Å². The van der Waals surface area contributed by atoms with E-state index in [2.05, 4.69) is 48.8 Å². The Labute approximate surface area is 134 Å². The number of aromatic nitrogens is 1. The summed E-state index contributed by atoms with van der Waals surface area (Å²) in [5, 5.41) is 2.90. The monoisotopic (exact) mass is 430 g/mol. The second-order valence-corrected chi connectivity index (χ2v) is 6.05. The lowest BCUT2D eigenvalue weighted by Gasteiger charge is -2.07. The van der Waals surface area contributed by atoms with Gasteiger partial charge in [0.1, 0.15) is 0 Å². The van der Waals surface area contributed by atoms with Crippen LogP contribution in [0.3, 0.4) is 0 Å². The molecule has 2 aromatic rings. The first-order chi connectivity index (χ1) is 9.16. The fourth-order valence-electron chi connectivity index (χ4n) is 1.62. The SMILES string of the molecule is O=C(NCCc1ccccn1)c1cc(I)ccc1Br. The van der Waals surface area contributed by atoms with Gasteiger partial charge in [0.05, 0.1) is 5.56 Å². The Morgan fingerprint density at radius 3 is 2.89 bits per heavy atom. The number of rotatable bonds is 4. The topological polar surface area (TPSA) is 42.0 Å². The molecule has 0 aliphatic carbocycles. The fraction of sp³-hybridized carbons (Fsp3) is 0.143. The minimum absolute atomic E-state index is 0.0682. The third-order valence-corrected chi connectivity index (χ3v) is 3.93. The van der Waals surface area contributed by atoms with Gasteiger partial charge in [-0.1, -0.05) is 6.07 Å². The van der Waals surface area contributed by atoms with E-state index in [1.54, 1.807) is 6.20 Å². The third kappa shape index (κ3) is 4.28. The Kier molecular flexibility index (Phi) is 5.33. The molecule has 0 saturated heterocycles. The van der Waals surface area contributed by atoms with Crippen molar-refractivity contribution in [3.8, 4) is 0 Å². The molecule has 98 valence electrons. The number of benzene rings is 1. The molecule has 0 unspecified atom stereocenters. The smallest absolute Gasteiger partial charge is 0.252 e. The van der Waals surface area contributed by atoms with Gasteiger partial charge in [0.2, 0.25) is 0 Å². The van der Waals surface area contributed by atoms with Crippen LogP contribution in [0.2, 0.25) is 0 Å². The summed E-state index contributed by atoms with van der Waals surface area (Å²) in [6, 6.07) is 11.5. The Bertz CT molecular complexity index is 575. The van der Waals surface area contributed by atoms with Gasteiger partial charge < -0.3 is 5.32 Å². The zero-order chi connectivity index (χ0) is 13.7. The summed E-state index contributed by atoms with van der Waals surface area (Å²) in [5.41, 5.74) is 1.64. The van der Waals surface area contributed by atoms with E-state index in [0.29, 0.717) is 12.1 Å². The van der Waals surface area contributed by atoms with Crippen LogP contribution in [0.5, 0.6) is 0 Å². The van der Waals surface area contributed by atoms with Crippen LogP contribution in [0.15, 0.2) is 47.1 Å². The molecule has 3 nitrogen and oxygen atoms in total. The highest BCUT2D eigenvalue weighted by atomic mass is 127. The van der Waals surface area contributed by atoms with E-state index in [0.717, 1.165) is 20.2 Å². The van der Waals surface area contributed by atoms with Crippen molar-refractivity contribution in [1.82, 2.24) is 10.3 Å². The van der Waals surface area contributed by atoms with Crippen LogP contribution in [-0.2, 0) is 6.42 Å². The predicted molar refractivity (Wildman–Crippen MR) is 87.1 cm³/mol. The number of nitrogens with one attached hydrogen (secondary N) is 1. The molecule has 0 aliphatic rings. The number of amides is 1. The van der Waals surface area contributed by atoms with Crippen LogP contribution < -0.4 is 5.32 Å². The summed E-state index contributed by atoms with van der Waals surface area (Å²) in [6.07, 6.45) is 2.49. The number of hydrogen-bond donors (Lipinski definition) is 1. The van der Waals surface area contributed by atoms with Gasteiger partial charge in [0.25, 0.3) is 5.91 Å². The molecular weight excluding hydrogens is 419 g/mol. The minimum atomic E-state index is -0.0682. The maximum absolute atomic E-state index is 12.0. The largest absolute Gasteiger partial charge is 0.352 e. The van der Waals surface area contributed by atoms with Crippen molar-refractivity contribution in [2.24, 2.45) is 0 Å². The second-order valence-electron chi connectivity index (χ2n) is 3.95. The molecule has 1 heterocycles. The molecule has 0 fully saturated rings. The molecule has 0 spiro atoms. The maximum atomic E-state index is 12.0. The summed E-state index contributed by atoms with van der Waals surface area (Å²) < 4.78 is 1.85. The molecule has 1 aromatic heterocycles. The normalized spacial score (nSPS) is 10.2. The van der Waals surface area contributed by atoms with Gasteiger partial charge in [0, 0.05) is 32.9 Å². The molecule has 1 amide bonds. The summed E-state index contributed by atoms with van der Waals surface area (Å²) in [4.78, 5) is 16.3. The van der Waals surface area contributed by atoms with E-state index < -0.39 is 0 Å². The molecule has 0 atom stereocenters. The number of carbonyl (C=O) groups excluding carboxylic acids is 1. The quantitative estimate of drug-likeness (QED) is 0.755. The lowest BCUT2D eigenvalue weighted by molar-refractivity contribution is 0.0953. The van der Waals surface area contributed by atoms with Crippen molar-refractivity contribution in [2.75, 3.05) is 6.54 Å². The summed E-state index contributed by atoms with van der Waals surface area (Å²) in [7, 11) is 0. The van der Waals surface area contributed by atoms with Crippen LogP contribution >= 0.6 is 38.5 Å². The number of hydrogen-bond acceptors (Lipinski definition) is 2. The lowest BCUT2D eigenvalue weighted by Crippen LogP contribution is -2.26. The second kappa shape index (κ2) is 7.00. The fourth-order valence-corrected chi connectivity index (χ4v) is 2.53. The van der Waals surface area contributed by atoms with Gasteiger partial charge in [-0.15, -0.1) is 0 Å². The molecule has 1 aromatic carbocycles. The number of nitrogens with zero attached hydrogens (tertiary/aromatic N) is 1. The van der Waals surface area contributed by atoms with E-state index in [9.17, 15) is 4.79 Å². The first-order valence-electron chi connectivity index (χ1n) is 5.80. The molecule has 0 saturated carbocycles. The zero-order valence-corrected chi connectivity index (χ0v) is 13.8. The van der Waals surface area contributed by atoms with Gasteiger partial charge in [-0.05, 0) is 68.9 Å². The predicted octanol–water partition coefficient (Wildman–Crippen LogP) is 3.42. The zero-order valence-electron chi connectivity index (χ0n) is 10.1. The van der Waals surface area contributed by atoms with E-state index >= 15 is 0 Å². The summed E-state index contributed by atoms with van der Waals surface area (Å²) in [6.45, 7) is 0.577. The molecule has 1 N–H and O–H groups in total. The van der Waals surface area contributed by atoms with Crippen LogP contribution in [0.25, 0.3) is 0 Å². The lowest BCUT2D eigenvalue weighted by atomic mass is 10.2. The van der Waals surface area contributed by atoms with Crippen molar-refractivity contribution >= 4 is 44.4 Å². The van der Waals surface area contributed by atoms with Crippen LogP contribution in [0, 0.1) is 3.57 Å². The van der Waals surface area contributed by atoms with Crippen molar-refractivity contribution in [2.45, 2.75) is 6.42 Å².